The van der Waals surface area contributed by atoms with Crippen molar-refractivity contribution in [2.24, 2.45) is 28.6 Å². The van der Waals surface area contributed by atoms with Gasteiger partial charge in [-0.1, -0.05) is 54.4 Å². The molecule has 1 unspecified atom stereocenters. The Morgan fingerprint density at radius 2 is 1.54 bits per heavy atom. The van der Waals surface area contributed by atoms with Crippen molar-refractivity contribution in [2.75, 3.05) is 6.54 Å². The Kier molecular flexibility index (Phi) is 6.86. The van der Waals surface area contributed by atoms with E-state index < -0.39 is 0 Å². The van der Waals surface area contributed by atoms with Crippen molar-refractivity contribution >= 4 is 5.91 Å². The quantitative estimate of drug-likeness (QED) is 0.725. The van der Waals surface area contributed by atoms with Gasteiger partial charge in [0.25, 0.3) is 0 Å². The Morgan fingerprint density at radius 1 is 1.00 bits per heavy atom. The van der Waals surface area contributed by atoms with E-state index >= 15 is 0 Å². The fourth-order valence-electron chi connectivity index (χ4n) is 5.51. The normalized spacial score (nSPS) is 32.8. The molecule has 3 heteroatoms. The molecular weight excluding hydrogens is 322 g/mol. The molecule has 3 nitrogen and oxygen atoms in total. The van der Waals surface area contributed by atoms with Crippen molar-refractivity contribution in [2.45, 2.75) is 106 Å². The standard InChI is InChI=1S/C23H43NO2/c1-16-14-19(25)15-24(16)21(26)20(23(5,6)7)17-10-8-12-18(13-9-11-17)22(2,3)4/h16-20,25H,8-15H2,1-7H3/t16-,17?,18?,19-,20?/m1/s1. The molecule has 0 aromatic rings. The Balaban J connectivity index is 2.11. The second kappa shape index (κ2) is 8.20. The number of carbonyl (C=O) groups excluding carboxylic acids is 1. The van der Waals surface area contributed by atoms with Crippen LogP contribution in [0.15, 0.2) is 0 Å². The molecule has 1 saturated heterocycles. The lowest BCUT2D eigenvalue weighted by molar-refractivity contribution is -0.143. The number of aliphatic hydroxyl groups excluding tert-OH is 1. The van der Waals surface area contributed by atoms with Gasteiger partial charge in [0.15, 0.2) is 0 Å². The van der Waals surface area contributed by atoms with E-state index in [4.69, 9.17) is 0 Å². The van der Waals surface area contributed by atoms with Crippen LogP contribution in [-0.2, 0) is 4.79 Å². The topological polar surface area (TPSA) is 40.5 Å². The zero-order chi connectivity index (χ0) is 19.7. The molecule has 1 aliphatic carbocycles. The number of rotatable bonds is 2. The van der Waals surface area contributed by atoms with Crippen LogP contribution in [0, 0.1) is 28.6 Å². The zero-order valence-electron chi connectivity index (χ0n) is 18.3. The van der Waals surface area contributed by atoms with Crippen molar-refractivity contribution < 1.29 is 9.90 Å². The molecule has 1 amide bonds. The lowest BCUT2D eigenvalue weighted by Crippen LogP contribution is -2.46. The number of carbonyl (C=O) groups is 1. The van der Waals surface area contributed by atoms with Crippen molar-refractivity contribution in [1.82, 2.24) is 4.90 Å². The Bertz CT molecular complexity index is 464. The van der Waals surface area contributed by atoms with Gasteiger partial charge < -0.3 is 10.0 Å². The highest BCUT2D eigenvalue weighted by Crippen LogP contribution is 2.43. The van der Waals surface area contributed by atoms with E-state index in [2.05, 4.69) is 48.5 Å². The van der Waals surface area contributed by atoms with E-state index in [1.165, 1.54) is 38.5 Å². The molecule has 1 N–H and O–H groups in total. The largest absolute Gasteiger partial charge is 0.391 e. The van der Waals surface area contributed by atoms with E-state index in [9.17, 15) is 9.90 Å². The summed E-state index contributed by atoms with van der Waals surface area (Å²) in [7, 11) is 0. The molecule has 1 aliphatic heterocycles. The van der Waals surface area contributed by atoms with Gasteiger partial charge in [-0.15, -0.1) is 0 Å². The van der Waals surface area contributed by atoms with Crippen LogP contribution in [0.4, 0.5) is 0 Å². The lowest BCUT2D eigenvalue weighted by atomic mass is 9.66. The van der Waals surface area contributed by atoms with Crippen molar-refractivity contribution in [3.8, 4) is 0 Å². The van der Waals surface area contributed by atoms with E-state index in [1.807, 2.05) is 4.90 Å². The van der Waals surface area contributed by atoms with E-state index in [0.29, 0.717) is 23.8 Å². The van der Waals surface area contributed by atoms with Gasteiger partial charge in [0.05, 0.1) is 6.10 Å². The van der Waals surface area contributed by atoms with Crippen LogP contribution >= 0.6 is 0 Å². The van der Waals surface area contributed by atoms with Crippen LogP contribution in [0.1, 0.15) is 93.4 Å². The average Bonchev–Trinajstić information content (AvgIpc) is 2.77. The third kappa shape index (κ3) is 5.24. The molecule has 3 atom stereocenters. The third-order valence-electron chi connectivity index (χ3n) is 6.99. The minimum absolute atomic E-state index is 0.0301. The summed E-state index contributed by atoms with van der Waals surface area (Å²) in [5.74, 6) is 1.65. The maximum absolute atomic E-state index is 13.5. The fraction of sp³-hybridized carbons (Fsp3) is 0.957. The van der Waals surface area contributed by atoms with Gasteiger partial charge >= 0.3 is 0 Å². The van der Waals surface area contributed by atoms with E-state index in [1.54, 1.807) is 0 Å². The molecule has 1 heterocycles. The molecule has 2 rings (SSSR count). The summed E-state index contributed by atoms with van der Waals surface area (Å²) in [6.45, 7) is 16.4. The van der Waals surface area contributed by atoms with Gasteiger partial charge in [-0.3, -0.25) is 4.79 Å². The van der Waals surface area contributed by atoms with E-state index in [-0.39, 0.29) is 23.5 Å². The highest BCUT2D eigenvalue weighted by atomic mass is 16.3. The van der Waals surface area contributed by atoms with Crippen LogP contribution in [0.2, 0.25) is 0 Å². The van der Waals surface area contributed by atoms with Gasteiger partial charge in [-0.05, 0) is 61.7 Å². The fourth-order valence-corrected chi connectivity index (χ4v) is 5.51. The molecule has 2 fully saturated rings. The molecule has 2 aliphatic rings. The van der Waals surface area contributed by atoms with Crippen molar-refractivity contribution in [3.05, 3.63) is 0 Å². The summed E-state index contributed by atoms with van der Waals surface area (Å²) in [4.78, 5) is 15.5. The number of nitrogens with zero attached hydrogens (tertiary/aromatic N) is 1. The number of aliphatic hydroxyl groups is 1. The predicted molar refractivity (Wildman–Crippen MR) is 109 cm³/mol. The maximum Gasteiger partial charge on any atom is 0.226 e. The van der Waals surface area contributed by atoms with Gasteiger partial charge in [0.1, 0.15) is 0 Å². The van der Waals surface area contributed by atoms with Crippen LogP contribution in [0.25, 0.3) is 0 Å². The van der Waals surface area contributed by atoms with Crippen LogP contribution < -0.4 is 0 Å². The third-order valence-corrected chi connectivity index (χ3v) is 6.99. The molecule has 0 radical (unpaired) electrons. The number of hydrogen-bond acceptors (Lipinski definition) is 2. The first kappa shape index (κ1) is 21.7. The monoisotopic (exact) mass is 365 g/mol. The molecule has 0 aromatic carbocycles. The molecule has 0 spiro atoms. The summed E-state index contributed by atoms with van der Waals surface area (Å²) in [6.07, 6.45) is 7.79. The number of amides is 1. The Hall–Kier alpha value is -0.570. The van der Waals surface area contributed by atoms with Crippen molar-refractivity contribution in [1.29, 1.82) is 0 Å². The minimum Gasteiger partial charge on any atom is -0.391 e. The molecule has 1 saturated carbocycles. The van der Waals surface area contributed by atoms with Gasteiger partial charge in [0, 0.05) is 18.5 Å². The summed E-state index contributed by atoms with van der Waals surface area (Å²) < 4.78 is 0. The summed E-state index contributed by atoms with van der Waals surface area (Å²) >= 11 is 0. The van der Waals surface area contributed by atoms with Crippen LogP contribution in [-0.4, -0.2) is 34.6 Å². The molecule has 0 aromatic heterocycles. The molecule has 152 valence electrons. The van der Waals surface area contributed by atoms with Gasteiger partial charge in [-0.2, -0.15) is 0 Å². The lowest BCUT2D eigenvalue weighted by Gasteiger charge is -2.41. The highest BCUT2D eigenvalue weighted by Gasteiger charge is 2.43. The van der Waals surface area contributed by atoms with Crippen LogP contribution in [0.3, 0.4) is 0 Å². The Morgan fingerprint density at radius 3 is 1.92 bits per heavy atom. The van der Waals surface area contributed by atoms with Crippen LogP contribution in [0.5, 0.6) is 0 Å². The first-order valence-corrected chi connectivity index (χ1v) is 10.9. The zero-order valence-corrected chi connectivity index (χ0v) is 18.3. The predicted octanol–water partition coefficient (Wildman–Crippen LogP) is 5.26. The summed E-state index contributed by atoms with van der Waals surface area (Å²) in [6, 6.07) is 0.168. The first-order valence-electron chi connectivity index (χ1n) is 10.9. The number of β-amino-alcohol motifs (C(OH)–C–C–N with tert-alkyl or cyclic N) is 1. The maximum atomic E-state index is 13.5. The molecule has 0 bridgehead atoms. The highest BCUT2D eigenvalue weighted by molar-refractivity contribution is 5.80. The SMILES string of the molecule is C[C@@H]1C[C@@H](O)CN1C(=O)C(C1CCCC(C(C)(C)C)CCC1)C(C)(C)C. The number of likely N-dealkylation sites (tertiary alicyclic amines) is 1. The molecule has 26 heavy (non-hydrogen) atoms. The summed E-state index contributed by atoms with van der Waals surface area (Å²) in [5.41, 5.74) is 0.366. The van der Waals surface area contributed by atoms with E-state index in [0.717, 1.165) is 12.3 Å². The second-order valence-corrected chi connectivity index (χ2v) is 11.3. The number of hydrogen-bond donors (Lipinski definition) is 1. The average molecular weight is 366 g/mol. The van der Waals surface area contributed by atoms with Gasteiger partial charge in [0.2, 0.25) is 5.91 Å². The van der Waals surface area contributed by atoms with Gasteiger partial charge in [-0.25, -0.2) is 0 Å². The molecular formula is C23H43NO2. The Labute approximate surface area is 161 Å². The van der Waals surface area contributed by atoms with Crippen molar-refractivity contribution in [3.63, 3.8) is 0 Å². The smallest absolute Gasteiger partial charge is 0.226 e. The first-order chi connectivity index (χ1) is 11.9. The minimum atomic E-state index is -0.348. The summed E-state index contributed by atoms with van der Waals surface area (Å²) in [5, 5.41) is 10.0. The second-order valence-electron chi connectivity index (χ2n) is 11.3.